The average Bonchev–Trinajstić information content (AvgIpc) is 2.72. The van der Waals surface area contributed by atoms with Crippen LogP contribution in [0.3, 0.4) is 0 Å². The van der Waals surface area contributed by atoms with Gasteiger partial charge in [-0.05, 0) is 25.3 Å². The molecule has 0 radical (unpaired) electrons. The Morgan fingerprint density at radius 2 is 1.67 bits per heavy atom. The first kappa shape index (κ1) is 14.8. The van der Waals surface area contributed by atoms with Gasteiger partial charge in [-0.25, -0.2) is 21.6 Å². The van der Waals surface area contributed by atoms with E-state index in [2.05, 4.69) is 5.32 Å². The van der Waals surface area contributed by atoms with Crippen LogP contribution in [0.4, 0.5) is 13.2 Å². The molecule has 0 aromatic heterocycles. The molecule has 8 heteroatoms. The largest absolute Gasteiger partial charge is 0.310 e. The molecule has 2 bridgehead atoms. The molecule has 0 saturated carbocycles. The molecule has 1 aromatic rings. The summed E-state index contributed by atoms with van der Waals surface area (Å²) in [7, 11) is -4.17. The normalized spacial score (nSPS) is 26.8. The second kappa shape index (κ2) is 5.26. The number of hydrogen-bond acceptors (Lipinski definition) is 3. The molecule has 2 aliphatic rings. The summed E-state index contributed by atoms with van der Waals surface area (Å²) in [6.45, 7) is 0.464. The molecule has 3 rings (SSSR count). The molecule has 2 unspecified atom stereocenters. The predicted octanol–water partition coefficient (Wildman–Crippen LogP) is 1.62. The van der Waals surface area contributed by atoms with Crippen LogP contribution in [-0.4, -0.2) is 37.9 Å². The highest BCUT2D eigenvalue weighted by Crippen LogP contribution is 2.27. The SMILES string of the molecule is O=S(=O)(c1cc(F)c(F)cc1F)N1CCC2CCC(C1)N2. The molecule has 1 aromatic carbocycles. The summed E-state index contributed by atoms with van der Waals surface area (Å²) >= 11 is 0. The minimum Gasteiger partial charge on any atom is -0.310 e. The molecule has 2 fully saturated rings. The van der Waals surface area contributed by atoms with E-state index in [-0.39, 0.29) is 31.2 Å². The van der Waals surface area contributed by atoms with Crippen LogP contribution >= 0.6 is 0 Å². The first-order valence-electron chi connectivity index (χ1n) is 6.78. The Kier molecular flexibility index (Phi) is 3.71. The maximum Gasteiger partial charge on any atom is 0.246 e. The van der Waals surface area contributed by atoms with Crippen molar-refractivity contribution >= 4 is 10.0 Å². The maximum absolute atomic E-state index is 13.7. The summed E-state index contributed by atoms with van der Waals surface area (Å²) in [5, 5.41) is 3.31. The lowest BCUT2D eigenvalue weighted by atomic mass is 10.1. The standard InChI is InChI=1S/C13H15F3N2O2S/c14-10-5-12(16)13(6-11(10)15)21(19,20)18-4-3-8-1-2-9(7-18)17-8/h5-6,8-9,17H,1-4,7H2. The smallest absolute Gasteiger partial charge is 0.246 e. The molecule has 116 valence electrons. The first-order valence-corrected chi connectivity index (χ1v) is 8.22. The van der Waals surface area contributed by atoms with Crippen molar-refractivity contribution in [1.82, 2.24) is 9.62 Å². The van der Waals surface area contributed by atoms with Gasteiger partial charge in [-0.3, -0.25) is 0 Å². The molecular weight excluding hydrogens is 305 g/mol. The molecule has 2 saturated heterocycles. The Labute approximate surface area is 121 Å². The van der Waals surface area contributed by atoms with Crippen LogP contribution in [0.15, 0.2) is 17.0 Å². The minimum atomic E-state index is -4.17. The van der Waals surface area contributed by atoms with Gasteiger partial charge in [-0.15, -0.1) is 0 Å². The third-order valence-corrected chi connectivity index (χ3v) is 5.96. The fraction of sp³-hybridized carbons (Fsp3) is 0.538. The van der Waals surface area contributed by atoms with E-state index in [1.807, 2.05) is 0 Å². The van der Waals surface area contributed by atoms with Crippen molar-refractivity contribution < 1.29 is 21.6 Å². The van der Waals surface area contributed by atoms with Gasteiger partial charge in [0.25, 0.3) is 0 Å². The second-order valence-corrected chi connectivity index (χ2v) is 7.39. The van der Waals surface area contributed by atoms with Gasteiger partial charge in [-0.2, -0.15) is 4.31 Å². The third-order valence-electron chi connectivity index (χ3n) is 4.08. The number of fused-ring (bicyclic) bond motifs is 2. The molecule has 21 heavy (non-hydrogen) atoms. The maximum atomic E-state index is 13.7. The van der Waals surface area contributed by atoms with Gasteiger partial charge >= 0.3 is 0 Å². The Hall–Kier alpha value is -1.12. The van der Waals surface area contributed by atoms with E-state index in [0.29, 0.717) is 12.5 Å². The highest BCUT2D eigenvalue weighted by atomic mass is 32.2. The van der Waals surface area contributed by atoms with Crippen LogP contribution in [0, 0.1) is 17.5 Å². The van der Waals surface area contributed by atoms with Crippen LogP contribution in [-0.2, 0) is 10.0 Å². The summed E-state index contributed by atoms with van der Waals surface area (Å²) in [5.41, 5.74) is 0. The van der Waals surface area contributed by atoms with Crippen molar-refractivity contribution in [2.45, 2.75) is 36.2 Å². The number of benzene rings is 1. The molecule has 2 aliphatic heterocycles. The number of sulfonamides is 1. The Balaban J connectivity index is 1.95. The van der Waals surface area contributed by atoms with Crippen molar-refractivity contribution in [2.24, 2.45) is 0 Å². The van der Waals surface area contributed by atoms with Crippen LogP contribution < -0.4 is 5.32 Å². The van der Waals surface area contributed by atoms with E-state index >= 15 is 0 Å². The van der Waals surface area contributed by atoms with Crippen LogP contribution in [0.5, 0.6) is 0 Å². The lowest BCUT2D eigenvalue weighted by Gasteiger charge is -2.23. The summed E-state index contributed by atoms with van der Waals surface area (Å²) in [6.07, 6.45) is 2.48. The van der Waals surface area contributed by atoms with Gasteiger partial charge in [0, 0.05) is 31.2 Å². The number of halogens is 3. The number of nitrogens with one attached hydrogen (secondary N) is 1. The van der Waals surface area contributed by atoms with Gasteiger partial charge in [0.1, 0.15) is 10.7 Å². The summed E-state index contributed by atoms with van der Waals surface area (Å²) in [5.74, 6) is -4.04. The zero-order chi connectivity index (χ0) is 15.2. The van der Waals surface area contributed by atoms with Gasteiger partial charge in [0.05, 0.1) is 0 Å². The molecule has 0 amide bonds. The van der Waals surface area contributed by atoms with E-state index in [1.54, 1.807) is 0 Å². The molecule has 2 atom stereocenters. The minimum absolute atomic E-state index is 0.0284. The molecule has 4 nitrogen and oxygen atoms in total. The summed E-state index contributed by atoms with van der Waals surface area (Å²) in [4.78, 5) is -0.806. The summed E-state index contributed by atoms with van der Waals surface area (Å²) in [6, 6.07) is 0.978. The van der Waals surface area contributed by atoms with E-state index in [4.69, 9.17) is 0 Å². The molecular formula is C13H15F3N2O2S. The van der Waals surface area contributed by atoms with Gasteiger partial charge < -0.3 is 5.32 Å². The van der Waals surface area contributed by atoms with E-state index in [1.165, 1.54) is 0 Å². The topological polar surface area (TPSA) is 49.4 Å². The highest BCUT2D eigenvalue weighted by Gasteiger charge is 2.36. The van der Waals surface area contributed by atoms with Crippen molar-refractivity contribution in [3.63, 3.8) is 0 Å². The Bertz CT molecular complexity index is 666. The second-order valence-electron chi connectivity index (χ2n) is 5.49. The summed E-state index contributed by atoms with van der Waals surface area (Å²) < 4.78 is 66.0. The third kappa shape index (κ3) is 2.67. The average molecular weight is 320 g/mol. The van der Waals surface area contributed by atoms with Crippen molar-refractivity contribution in [3.05, 3.63) is 29.6 Å². The first-order chi connectivity index (χ1) is 9.88. The zero-order valence-electron chi connectivity index (χ0n) is 11.2. The van der Waals surface area contributed by atoms with Crippen LogP contribution in [0.25, 0.3) is 0 Å². The number of hydrogen-bond donors (Lipinski definition) is 1. The fourth-order valence-corrected chi connectivity index (χ4v) is 4.53. The lowest BCUT2D eigenvalue weighted by Crippen LogP contribution is -2.39. The van der Waals surface area contributed by atoms with E-state index < -0.39 is 32.4 Å². The number of nitrogens with zero attached hydrogens (tertiary/aromatic N) is 1. The molecule has 1 N–H and O–H groups in total. The Morgan fingerprint density at radius 3 is 2.43 bits per heavy atom. The van der Waals surface area contributed by atoms with Gasteiger partial charge in [-0.1, -0.05) is 0 Å². The molecule has 2 heterocycles. The van der Waals surface area contributed by atoms with Gasteiger partial charge in [0.2, 0.25) is 10.0 Å². The van der Waals surface area contributed by atoms with Crippen LogP contribution in [0.2, 0.25) is 0 Å². The quantitative estimate of drug-likeness (QED) is 0.843. The predicted molar refractivity (Wildman–Crippen MR) is 69.6 cm³/mol. The zero-order valence-corrected chi connectivity index (χ0v) is 12.0. The highest BCUT2D eigenvalue weighted by molar-refractivity contribution is 7.89. The molecule has 0 spiro atoms. The van der Waals surface area contributed by atoms with Crippen molar-refractivity contribution in [3.8, 4) is 0 Å². The number of rotatable bonds is 2. The van der Waals surface area contributed by atoms with Crippen molar-refractivity contribution in [2.75, 3.05) is 13.1 Å². The lowest BCUT2D eigenvalue weighted by molar-refractivity contribution is 0.379. The van der Waals surface area contributed by atoms with Crippen molar-refractivity contribution in [1.29, 1.82) is 0 Å². The fourth-order valence-electron chi connectivity index (χ4n) is 2.97. The van der Waals surface area contributed by atoms with Gasteiger partial charge in [0.15, 0.2) is 11.6 Å². The van der Waals surface area contributed by atoms with E-state index in [0.717, 1.165) is 17.1 Å². The monoisotopic (exact) mass is 320 g/mol. The van der Waals surface area contributed by atoms with Crippen LogP contribution in [0.1, 0.15) is 19.3 Å². The van der Waals surface area contributed by atoms with E-state index in [9.17, 15) is 21.6 Å². The molecule has 0 aliphatic carbocycles. The Morgan fingerprint density at radius 1 is 1.00 bits per heavy atom.